The molecule has 0 bridgehead atoms. The number of hydrogen-bond donors (Lipinski definition) is 3. The number of nitrogens with one attached hydrogen (secondary N) is 1. The van der Waals surface area contributed by atoms with Crippen molar-refractivity contribution in [2.75, 3.05) is 75.3 Å². The first-order chi connectivity index (χ1) is 36.0. The molecule has 77 heavy (non-hydrogen) atoms. The molecule has 3 aromatic carbocycles. The summed E-state index contributed by atoms with van der Waals surface area (Å²) in [5.74, 6) is 6.27. The largest absolute Gasteiger partial charge is 1.00 e. The van der Waals surface area contributed by atoms with Crippen LogP contribution in [0.4, 0.5) is 46.3 Å². The van der Waals surface area contributed by atoms with Crippen LogP contribution in [-0.2, 0) is 42.3 Å². The van der Waals surface area contributed by atoms with Crippen LogP contribution in [0.5, 0.6) is 5.75 Å². The number of azo groups is 3. The van der Waals surface area contributed by atoms with Gasteiger partial charge in [-0.1, -0.05) is 15.3 Å². The van der Waals surface area contributed by atoms with Crippen LogP contribution in [-0.4, -0.2) is 89.4 Å². The molecule has 6 aromatic rings. The van der Waals surface area contributed by atoms with Gasteiger partial charge in [-0.3, -0.25) is 0 Å². The molecule has 18 nitrogen and oxygen atoms in total. The second-order valence-corrected chi connectivity index (χ2v) is 19.7. The average Bonchev–Trinajstić information content (AvgIpc) is 4.06. The molecule has 0 saturated carbocycles. The highest BCUT2D eigenvalue weighted by Gasteiger charge is 2.21. The lowest BCUT2D eigenvalue weighted by Gasteiger charge is -2.33. The Morgan fingerprint density at radius 3 is 1.13 bits per heavy atom. The van der Waals surface area contributed by atoms with Gasteiger partial charge in [0, 0.05) is 72.0 Å². The SMILES string of the molecule is COc1ccc(N=Nc2n(C)cc[n+]2C)cc1.Cn1cc[n+](C)c1N=Nc1ccc(N2CCC(CCCl)CC2)cc1.Cn1cc[n+](C)c1N=Nc1ccc(N2CCC(CCO)CC2)cc1.OCCC1CCNCC1.[Cl-].[Cl-].[Cl-]. The third-order valence-electron chi connectivity index (χ3n) is 14.0. The summed E-state index contributed by atoms with van der Waals surface area (Å²) in [6, 6.07) is 24.1. The summed E-state index contributed by atoms with van der Waals surface area (Å²) in [7, 11) is 13.3. The van der Waals surface area contributed by atoms with E-state index in [4.69, 9.17) is 26.6 Å². The van der Waals surface area contributed by atoms with Gasteiger partial charge in [0.15, 0.2) is 0 Å². The van der Waals surface area contributed by atoms with Crippen LogP contribution in [0.3, 0.4) is 0 Å². The van der Waals surface area contributed by atoms with Gasteiger partial charge < -0.3 is 67.3 Å². The number of benzene rings is 3. The molecule has 0 spiro atoms. The Morgan fingerprint density at radius 1 is 0.506 bits per heavy atom. The van der Waals surface area contributed by atoms with Crippen molar-refractivity contribution in [2.24, 2.45) is 90.7 Å². The first-order valence-electron chi connectivity index (χ1n) is 26.1. The van der Waals surface area contributed by atoms with Crippen molar-refractivity contribution in [3.05, 3.63) is 110 Å². The second kappa shape index (κ2) is 35.1. The van der Waals surface area contributed by atoms with Gasteiger partial charge >= 0.3 is 17.8 Å². The van der Waals surface area contributed by atoms with E-state index >= 15 is 0 Å². The monoisotopic (exact) mass is 1140 g/mol. The van der Waals surface area contributed by atoms with Gasteiger partial charge in [0.1, 0.15) is 22.8 Å². The Morgan fingerprint density at radius 2 is 0.831 bits per heavy atom. The third-order valence-corrected chi connectivity index (χ3v) is 14.2. The molecule has 0 atom stereocenters. The van der Waals surface area contributed by atoms with E-state index in [2.05, 4.69) is 70.1 Å². The van der Waals surface area contributed by atoms with Crippen LogP contribution < -0.4 is 70.8 Å². The summed E-state index contributed by atoms with van der Waals surface area (Å²) in [4.78, 5) is 4.86. The predicted octanol–water partition coefficient (Wildman–Crippen LogP) is 0.628. The number of imidazole rings is 3. The summed E-state index contributed by atoms with van der Waals surface area (Å²) < 4.78 is 16.7. The van der Waals surface area contributed by atoms with E-state index in [9.17, 15) is 0 Å². The number of halogens is 4. The molecule has 3 N–H and O–H groups in total. The fourth-order valence-electron chi connectivity index (χ4n) is 9.24. The number of aliphatic hydroxyl groups is 2. The van der Waals surface area contributed by atoms with Crippen molar-refractivity contribution in [2.45, 2.75) is 57.8 Å². The highest BCUT2D eigenvalue weighted by molar-refractivity contribution is 6.17. The van der Waals surface area contributed by atoms with Gasteiger partial charge in [0.25, 0.3) is 0 Å². The lowest BCUT2D eigenvalue weighted by atomic mass is 9.93. The Kier molecular flexibility index (Phi) is 30.0. The first-order valence-corrected chi connectivity index (χ1v) is 26.6. The zero-order valence-corrected chi connectivity index (χ0v) is 49.0. The van der Waals surface area contributed by atoms with Gasteiger partial charge in [-0.05, 0) is 161 Å². The Labute approximate surface area is 479 Å². The van der Waals surface area contributed by atoms with Crippen LogP contribution in [0.25, 0.3) is 0 Å². The summed E-state index contributed by atoms with van der Waals surface area (Å²) in [5.41, 5.74) is 5.03. The van der Waals surface area contributed by atoms with E-state index < -0.39 is 0 Å². The van der Waals surface area contributed by atoms with Crippen molar-refractivity contribution in [1.29, 1.82) is 0 Å². The summed E-state index contributed by atoms with van der Waals surface area (Å²) in [6.07, 6.45) is 22.1. The zero-order chi connectivity index (χ0) is 52.7. The first kappa shape index (κ1) is 65.8. The summed E-state index contributed by atoms with van der Waals surface area (Å²) in [5, 5.41) is 46.6. The fraction of sp³-hybridized carbons (Fsp3) is 0.509. The summed E-state index contributed by atoms with van der Waals surface area (Å²) >= 11 is 5.86. The number of rotatable bonds is 15. The number of aryl methyl sites for hydroxylation is 6. The minimum absolute atomic E-state index is 0. The standard InChI is InChI=1S/C18H25ClN5.C18H26N5O.C12H15N4O.C7H15NO.3ClH/c1-22-13-14-23(2)18(22)21-20-16-3-5-17(6-4-16)24-11-8-15(7-10-19)9-12-24;1-21-12-13-22(2)18(21)20-19-16-3-5-17(6-4-16)23-10-7-15(8-11-23)9-14-24;1-15-8-9-16(2)12(15)14-13-10-4-6-11(17-3)7-5-10;9-6-3-7-1-4-8-5-2-7;;;/h3-6,13-15H,7-12H2,1-2H3;3-6,12-13,15,24H,7-11,14H2,1-2H3;4-9H,1-3H3;7-9H,1-6H2;3*1H/q3*+1;;;;/p-3. The van der Waals surface area contributed by atoms with Gasteiger partial charge in [0.05, 0.1) is 86.6 Å². The molecule has 0 aliphatic carbocycles. The predicted molar refractivity (Wildman–Crippen MR) is 292 cm³/mol. The maximum atomic E-state index is 9.05. The average molecular weight is 1140 g/mol. The lowest BCUT2D eigenvalue weighted by molar-refractivity contribution is -0.657. The van der Waals surface area contributed by atoms with Crippen LogP contribution >= 0.6 is 11.6 Å². The molecular formula is C55H81Cl4N15O3. The number of piperidine rings is 3. The molecule has 22 heteroatoms. The Balaban J connectivity index is 0.000000279. The molecule has 0 radical (unpaired) electrons. The van der Waals surface area contributed by atoms with Gasteiger partial charge in [-0.15, -0.1) is 11.6 Å². The van der Waals surface area contributed by atoms with Gasteiger partial charge in [-0.25, -0.2) is 27.4 Å². The fourth-order valence-corrected chi connectivity index (χ4v) is 9.54. The van der Waals surface area contributed by atoms with Gasteiger partial charge in [0.2, 0.25) is 0 Å². The minimum atomic E-state index is 0. The van der Waals surface area contributed by atoms with Crippen LogP contribution in [0.2, 0.25) is 0 Å². The number of aromatic nitrogens is 6. The molecule has 3 fully saturated rings. The summed E-state index contributed by atoms with van der Waals surface area (Å²) in [6.45, 7) is 7.31. The Bertz CT molecular complexity index is 2450. The number of anilines is 2. The van der Waals surface area contributed by atoms with E-state index in [1.165, 1.54) is 37.1 Å². The van der Waals surface area contributed by atoms with E-state index in [-0.39, 0.29) is 37.2 Å². The molecule has 0 amide bonds. The lowest BCUT2D eigenvalue weighted by Crippen LogP contribution is -3.00. The molecule has 3 aliphatic rings. The van der Waals surface area contributed by atoms with E-state index in [1.807, 2.05) is 155 Å². The van der Waals surface area contributed by atoms with Crippen molar-refractivity contribution < 1.29 is 65.9 Å². The maximum absolute atomic E-state index is 9.05. The number of nitrogens with zero attached hydrogens (tertiary/aromatic N) is 14. The van der Waals surface area contributed by atoms with E-state index in [0.717, 1.165) is 130 Å². The molecule has 422 valence electrons. The zero-order valence-electron chi connectivity index (χ0n) is 45.9. The second-order valence-electron chi connectivity index (χ2n) is 19.3. The van der Waals surface area contributed by atoms with Crippen LogP contribution in [0.15, 0.2) is 141 Å². The number of alkyl halides is 1. The molecule has 6 heterocycles. The smallest absolute Gasteiger partial charge is 0.421 e. The van der Waals surface area contributed by atoms with Crippen molar-refractivity contribution in [1.82, 2.24) is 19.0 Å². The molecule has 3 aromatic heterocycles. The molecule has 3 aliphatic heterocycles. The minimum Gasteiger partial charge on any atom is -1.00 e. The molecular weight excluding hydrogens is 1060 g/mol. The quantitative estimate of drug-likeness (QED) is 0.0776. The van der Waals surface area contributed by atoms with Crippen molar-refractivity contribution in [3.8, 4) is 5.75 Å². The molecule has 9 rings (SSSR count). The van der Waals surface area contributed by atoms with Crippen molar-refractivity contribution in [3.63, 3.8) is 0 Å². The molecule has 0 unspecified atom stereocenters. The van der Waals surface area contributed by atoms with E-state index in [1.54, 1.807) is 7.11 Å². The normalized spacial score (nSPS) is 15.1. The van der Waals surface area contributed by atoms with Crippen LogP contribution in [0, 0.1) is 17.8 Å². The maximum Gasteiger partial charge on any atom is 0.421 e. The van der Waals surface area contributed by atoms with Crippen LogP contribution in [0.1, 0.15) is 57.8 Å². The number of methoxy groups -OCH3 is 1. The highest BCUT2D eigenvalue weighted by atomic mass is 35.5. The highest BCUT2D eigenvalue weighted by Crippen LogP contribution is 2.29. The Hall–Kier alpha value is -5.47. The van der Waals surface area contributed by atoms with Crippen molar-refractivity contribution >= 4 is 57.9 Å². The number of hydrogen-bond acceptors (Lipinski definition) is 12. The third kappa shape index (κ3) is 21.0. The number of aliphatic hydroxyl groups excluding tert-OH is 2. The van der Waals surface area contributed by atoms with E-state index in [0.29, 0.717) is 19.1 Å². The topological polar surface area (TPSA) is 169 Å². The van der Waals surface area contributed by atoms with Gasteiger partial charge in [-0.2, -0.15) is 0 Å². The number of ether oxygens (including phenoxy) is 1. The molecule has 3 saturated heterocycles.